The van der Waals surface area contributed by atoms with Crippen molar-refractivity contribution in [3.05, 3.63) is 35.1 Å². The van der Waals surface area contributed by atoms with E-state index in [4.69, 9.17) is 8.85 Å². The molecule has 0 spiro atoms. The zero-order valence-electron chi connectivity index (χ0n) is 13.0. The van der Waals surface area contributed by atoms with E-state index in [1.807, 2.05) is 0 Å². The van der Waals surface area contributed by atoms with E-state index in [-0.39, 0.29) is 0 Å². The van der Waals surface area contributed by atoms with E-state index in [0.717, 1.165) is 18.6 Å². The van der Waals surface area contributed by atoms with Crippen LogP contribution < -0.4 is 0 Å². The molecule has 0 aromatic heterocycles. The predicted molar refractivity (Wildman–Crippen MR) is 79.9 cm³/mol. The lowest BCUT2D eigenvalue weighted by Gasteiger charge is -2.22. The molecule has 0 aliphatic rings. The van der Waals surface area contributed by atoms with Gasteiger partial charge in [-0.2, -0.15) is 0 Å². The van der Waals surface area contributed by atoms with Gasteiger partial charge in [0.25, 0.3) is 0 Å². The van der Waals surface area contributed by atoms with Gasteiger partial charge in [0.05, 0.1) is 0 Å². The average Bonchev–Trinajstić information content (AvgIpc) is 2.44. The highest BCUT2D eigenvalue weighted by molar-refractivity contribution is 6.59. The highest BCUT2D eigenvalue weighted by Crippen LogP contribution is 2.18. The van der Waals surface area contributed by atoms with Crippen molar-refractivity contribution in [1.82, 2.24) is 0 Å². The fourth-order valence-electron chi connectivity index (χ4n) is 2.24. The SMILES string of the molecule is CCO[Si](O)(CCCCCc1cc(F)c(F)c(F)c1)OCC. The van der Waals surface area contributed by atoms with Crippen LogP contribution >= 0.6 is 0 Å². The van der Waals surface area contributed by atoms with Crippen molar-refractivity contribution < 1.29 is 26.8 Å². The van der Waals surface area contributed by atoms with Gasteiger partial charge in [-0.15, -0.1) is 0 Å². The van der Waals surface area contributed by atoms with Gasteiger partial charge in [-0.3, -0.25) is 0 Å². The number of rotatable bonds is 10. The standard InChI is InChI=1S/C15H23F3O3Si/c1-3-20-22(19,21-4-2)9-7-5-6-8-12-10-13(16)15(18)14(17)11-12/h10-11,19H,3-9H2,1-2H3. The Balaban J connectivity index is 2.36. The van der Waals surface area contributed by atoms with E-state index >= 15 is 0 Å². The molecule has 0 fully saturated rings. The molecule has 0 heterocycles. The molecule has 0 atom stereocenters. The lowest BCUT2D eigenvalue weighted by molar-refractivity contribution is 0.107. The Morgan fingerprint density at radius 2 is 1.50 bits per heavy atom. The summed E-state index contributed by atoms with van der Waals surface area (Å²) in [6, 6.07) is 2.49. The van der Waals surface area contributed by atoms with E-state index in [2.05, 4.69) is 0 Å². The smallest absolute Gasteiger partial charge is 0.390 e. The van der Waals surface area contributed by atoms with Crippen LogP contribution in [0.2, 0.25) is 6.04 Å². The zero-order valence-corrected chi connectivity index (χ0v) is 14.0. The summed E-state index contributed by atoms with van der Waals surface area (Å²) < 4.78 is 49.6. The van der Waals surface area contributed by atoms with E-state index < -0.39 is 26.3 Å². The number of benzene rings is 1. The normalized spacial score (nSPS) is 11.9. The molecular formula is C15H23F3O3Si. The number of aryl methyl sites for hydroxylation is 1. The molecule has 1 aromatic carbocycles. The first-order valence-corrected chi connectivity index (χ1v) is 9.52. The van der Waals surface area contributed by atoms with E-state index in [9.17, 15) is 18.0 Å². The van der Waals surface area contributed by atoms with Crippen LogP contribution in [0.15, 0.2) is 12.1 Å². The minimum Gasteiger partial charge on any atom is -0.390 e. The first-order valence-electron chi connectivity index (χ1n) is 7.55. The molecule has 0 unspecified atom stereocenters. The molecule has 0 amide bonds. The molecule has 0 bridgehead atoms. The summed E-state index contributed by atoms with van der Waals surface area (Å²) in [7, 11) is -3.07. The van der Waals surface area contributed by atoms with Crippen LogP contribution in [0.5, 0.6) is 0 Å². The van der Waals surface area contributed by atoms with Crippen LogP contribution in [0.3, 0.4) is 0 Å². The van der Waals surface area contributed by atoms with Crippen molar-refractivity contribution in [2.24, 2.45) is 0 Å². The van der Waals surface area contributed by atoms with Gasteiger partial charge >= 0.3 is 8.80 Å². The zero-order chi connectivity index (χ0) is 16.6. The van der Waals surface area contributed by atoms with E-state index in [1.165, 1.54) is 0 Å². The maximum Gasteiger partial charge on any atom is 0.498 e. The molecule has 1 rings (SSSR count). The molecule has 7 heteroatoms. The van der Waals surface area contributed by atoms with Crippen molar-refractivity contribution in [2.45, 2.75) is 45.6 Å². The lowest BCUT2D eigenvalue weighted by atomic mass is 10.1. The largest absolute Gasteiger partial charge is 0.498 e. The van der Waals surface area contributed by atoms with Crippen molar-refractivity contribution in [2.75, 3.05) is 13.2 Å². The molecule has 22 heavy (non-hydrogen) atoms. The van der Waals surface area contributed by atoms with Crippen LogP contribution in [-0.2, 0) is 15.3 Å². The molecule has 3 nitrogen and oxygen atoms in total. The second-order valence-electron chi connectivity index (χ2n) is 5.01. The van der Waals surface area contributed by atoms with Crippen LogP contribution in [-0.4, -0.2) is 26.8 Å². The maximum absolute atomic E-state index is 13.1. The number of unbranched alkanes of at least 4 members (excludes halogenated alkanes) is 2. The summed E-state index contributed by atoms with van der Waals surface area (Å²) in [5.41, 5.74) is 0.429. The molecule has 0 radical (unpaired) electrons. The van der Waals surface area contributed by atoms with Gasteiger partial charge in [0.1, 0.15) is 0 Å². The fourth-order valence-corrected chi connectivity index (χ4v) is 4.21. The topological polar surface area (TPSA) is 38.7 Å². The van der Waals surface area contributed by atoms with Crippen LogP contribution in [0.1, 0.15) is 38.7 Å². The highest BCUT2D eigenvalue weighted by atomic mass is 28.4. The van der Waals surface area contributed by atoms with Gasteiger partial charge in [0.15, 0.2) is 17.5 Å². The summed E-state index contributed by atoms with van der Waals surface area (Å²) in [5.74, 6) is -3.76. The minimum atomic E-state index is -3.07. The average molecular weight is 336 g/mol. The maximum atomic E-state index is 13.1. The van der Waals surface area contributed by atoms with Gasteiger partial charge in [-0.05, 0) is 50.8 Å². The third-order valence-electron chi connectivity index (χ3n) is 3.24. The Morgan fingerprint density at radius 3 is 2.00 bits per heavy atom. The second-order valence-corrected chi connectivity index (χ2v) is 7.52. The fraction of sp³-hybridized carbons (Fsp3) is 0.600. The molecular weight excluding hydrogens is 313 g/mol. The monoisotopic (exact) mass is 336 g/mol. The number of hydrogen-bond donors (Lipinski definition) is 1. The Bertz CT molecular complexity index is 442. The Morgan fingerprint density at radius 1 is 0.955 bits per heavy atom. The highest BCUT2D eigenvalue weighted by Gasteiger charge is 2.35. The third kappa shape index (κ3) is 6.08. The van der Waals surface area contributed by atoms with E-state index in [0.29, 0.717) is 44.1 Å². The van der Waals surface area contributed by atoms with Crippen molar-refractivity contribution in [1.29, 1.82) is 0 Å². The van der Waals surface area contributed by atoms with Crippen molar-refractivity contribution >= 4 is 8.80 Å². The van der Waals surface area contributed by atoms with Gasteiger partial charge in [-0.25, -0.2) is 13.2 Å². The quantitative estimate of drug-likeness (QED) is 0.401. The summed E-state index contributed by atoms with van der Waals surface area (Å²) >= 11 is 0. The van der Waals surface area contributed by atoms with Gasteiger partial charge in [-0.1, -0.05) is 6.42 Å². The Hall–Kier alpha value is -0.893. The van der Waals surface area contributed by atoms with Crippen LogP contribution in [0, 0.1) is 17.5 Å². The van der Waals surface area contributed by atoms with Crippen LogP contribution in [0.25, 0.3) is 0 Å². The van der Waals surface area contributed by atoms with Gasteiger partial charge in [0.2, 0.25) is 0 Å². The molecule has 0 saturated heterocycles. The summed E-state index contributed by atoms with van der Waals surface area (Å²) in [6.45, 7) is 4.40. The van der Waals surface area contributed by atoms with Gasteiger partial charge < -0.3 is 13.6 Å². The summed E-state index contributed by atoms with van der Waals surface area (Å²) in [6.07, 6.45) is 2.61. The molecule has 0 aliphatic heterocycles. The molecule has 0 saturated carbocycles. The molecule has 1 aromatic rings. The van der Waals surface area contributed by atoms with Crippen LogP contribution in [0.4, 0.5) is 13.2 Å². The summed E-state index contributed by atoms with van der Waals surface area (Å²) in [5, 5.41) is 0. The first kappa shape index (κ1) is 19.2. The first-order chi connectivity index (χ1) is 10.4. The Labute approximate surface area is 130 Å². The number of hydrogen-bond acceptors (Lipinski definition) is 3. The molecule has 126 valence electrons. The minimum absolute atomic E-state index is 0.400. The number of halogens is 3. The molecule has 0 aliphatic carbocycles. The van der Waals surface area contributed by atoms with E-state index in [1.54, 1.807) is 13.8 Å². The third-order valence-corrected chi connectivity index (χ3v) is 5.71. The second kappa shape index (κ2) is 9.29. The molecule has 1 N–H and O–H groups in total. The predicted octanol–water partition coefficient (Wildman–Crippen LogP) is 3.82. The van der Waals surface area contributed by atoms with Gasteiger partial charge in [0, 0.05) is 19.3 Å². The Kier molecular flexibility index (Phi) is 8.09. The van der Waals surface area contributed by atoms with Crippen molar-refractivity contribution in [3.8, 4) is 0 Å². The lowest BCUT2D eigenvalue weighted by Crippen LogP contribution is -2.42. The van der Waals surface area contributed by atoms with Crippen molar-refractivity contribution in [3.63, 3.8) is 0 Å². The summed E-state index contributed by atoms with van der Waals surface area (Å²) in [4.78, 5) is 10.2.